The van der Waals surface area contributed by atoms with Crippen molar-refractivity contribution in [1.82, 2.24) is 9.88 Å². The van der Waals surface area contributed by atoms with Gasteiger partial charge in [0.25, 0.3) is 0 Å². The van der Waals surface area contributed by atoms with Gasteiger partial charge < -0.3 is 10.6 Å². The molecule has 1 aliphatic rings. The number of aryl methyl sites for hydroxylation is 1. The summed E-state index contributed by atoms with van der Waals surface area (Å²) in [6.45, 7) is 8.39. The lowest BCUT2D eigenvalue weighted by atomic mass is 10.1. The molecule has 0 bridgehead atoms. The minimum atomic E-state index is 0.786. The Morgan fingerprint density at radius 2 is 1.90 bits per heavy atom. The largest absolute Gasteiger partial charge is 0.368 e. The summed E-state index contributed by atoms with van der Waals surface area (Å²) >= 11 is 0. The Bertz CT molecular complexity index is 603. The summed E-state index contributed by atoms with van der Waals surface area (Å²) in [5, 5.41) is 1.26. The monoisotopic (exact) mass is 284 g/mol. The highest BCUT2D eigenvalue weighted by molar-refractivity contribution is 5.92. The first kappa shape index (κ1) is 14.3. The first-order valence-corrected chi connectivity index (χ1v) is 7.81. The molecule has 0 radical (unpaired) electrons. The molecule has 0 aliphatic carbocycles. The van der Waals surface area contributed by atoms with Gasteiger partial charge in [0.1, 0.15) is 0 Å². The van der Waals surface area contributed by atoms with Gasteiger partial charge in [0.2, 0.25) is 0 Å². The van der Waals surface area contributed by atoms with Crippen molar-refractivity contribution >= 4 is 16.6 Å². The Morgan fingerprint density at radius 3 is 2.67 bits per heavy atom. The van der Waals surface area contributed by atoms with Gasteiger partial charge in [0.15, 0.2) is 0 Å². The fourth-order valence-electron chi connectivity index (χ4n) is 3.07. The second-order valence-electron chi connectivity index (χ2n) is 5.77. The van der Waals surface area contributed by atoms with Gasteiger partial charge in [-0.3, -0.25) is 9.88 Å². The van der Waals surface area contributed by atoms with Gasteiger partial charge in [-0.2, -0.15) is 0 Å². The van der Waals surface area contributed by atoms with Gasteiger partial charge in [-0.05, 0) is 38.6 Å². The van der Waals surface area contributed by atoms with Crippen molar-refractivity contribution in [2.45, 2.75) is 13.3 Å². The highest BCUT2D eigenvalue weighted by Gasteiger charge is 2.18. The number of anilines is 1. The lowest BCUT2D eigenvalue weighted by molar-refractivity contribution is 0.256. The summed E-state index contributed by atoms with van der Waals surface area (Å²) < 4.78 is 0. The molecule has 2 N–H and O–H groups in total. The molecule has 1 aromatic heterocycles. The zero-order valence-electron chi connectivity index (χ0n) is 12.8. The van der Waals surface area contributed by atoms with E-state index in [0.29, 0.717) is 0 Å². The summed E-state index contributed by atoms with van der Waals surface area (Å²) in [6.07, 6.45) is 1.09. The summed E-state index contributed by atoms with van der Waals surface area (Å²) in [4.78, 5) is 9.65. The van der Waals surface area contributed by atoms with Crippen molar-refractivity contribution in [3.8, 4) is 0 Å². The number of hydrogen-bond donors (Lipinski definition) is 1. The maximum atomic E-state index is 5.60. The molecule has 0 amide bonds. The Kier molecular flexibility index (Phi) is 4.36. The molecule has 0 saturated carbocycles. The van der Waals surface area contributed by atoms with E-state index in [1.165, 1.54) is 11.1 Å². The van der Waals surface area contributed by atoms with Crippen LogP contribution in [0.2, 0.25) is 0 Å². The fourth-order valence-corrected chi connectivity index (χ4v) is 3.07. The van der Waals surface area contributed by atoms with Crippen LogP contribution in [0.4, 0.5) is 5.69 Å². The number of piperazine rings is 1. The molecule has 4 nitrogen and oxygen atoms in total. The first-order valence-electron chi connectivity index (χ1n) is 7.81. The van der Waals surface area contributed by atoms with Crippen LogP contribution in [0.15, 0.2) is 30.3 Å². The molecule has 0 spiro atoms. The highest BCUT2D eigenvalue weighted by Crippen LogP contribution is 2.27. The van der Waals surface area contributed by atoms with Crippen molar-refractivity contribution in [3.63, 3.8) is 0 Å². The first-order chi connectivity index (χ1) is 10.3. The third kappa shape index (κ3) is 3.17. The molecular weight excluding hydrogens is 260 g/mol. The number of nitrogens with two attached hydrogens (primary N) is 1. The third-order valence-electron chi connectivity index (χ3n) is 4.21. The average molecular weight is 284 g/mol. The Labute approximate surface area is 126 Å². The average Bonchev–Trinajstić information content (AvgIpc) is 2.52. The van der Waals surface area contributed by atoms with Crippen molar-refractivity contribution in [1.29, 1.82) is 0 Å². The summed E-state index contributed by atoms with van der Waals surface area (Å²) in [7, 11) is 0. The van der Waals surface area contributed by atoms with Crippen LogP contribution in [0.3, 0.4) is 0 Å². The van der Waals surface area contributed by atoms with Gasteiger partial charge in [-0.1, -0.05) is 18.2 Å². The summed E-state index contributed by atoms with van der Waals surface area (Å²) in [5.74, 6) is 0. The number of aromatic nitrogens is 1. The van der Waals surface area contributed by atoms with Crippen LogP contribution in [0, 0.1) is 6.92 Å². The maximum Gasteiger partial charge on any atom is 0.0726 e. The quantitative estimate of drug-likeness (QED) is 0.933. The molecular formula is C17H24N4. The van der Waals surface area contributed by atoms with Crippen LogP contribution in [0.1, 0.15) is 12.1 Å². The number of benzene rings is 1. The number of hydrogen-bond acceptors (Lipinski definition) is 4. The van der Waals surface area contributed by atoms with E-state index in [2.05, 4.69) is 52.0 Å². The topological polar surface area (TPSA) is 45.4 Å². The lowest BCUT2D eigenvalue weighted by Gasteiger charge is -2.36. The minimum absolute atomic E-state index is 0.786. The Balaban J connectivity index is 1.79. The number of para-hydroxylation sites is 1. The zero-order chi connectivity index (χ0) is 14.7. The molecule has 3 rings (SSSR count). The van der Waals surface area contributed by atoms with Gasteiger partial charge >= 0.3 is 0 Å². The van der Waals surface area contributed by atoms with E-state index in [4.69, 9.17) is 5.73 Å². The van der Waals surface area contributed by atoms with Crippen LogP contribution in [-0.4, -0.2) is 49.2 Å². The van der Waals surface area contributed by atoms with Crippen molar-refractivity contribution in [3.05, 3.63) is 36.0 Å². The molecule has 2 heterocycles. The van der Waals surface area contributed by atoms with Crippen molar-refractivity contribution in [2.75, 3.05) is 44.2 Å². The molecule has 2 aromatic rings. The van der Waals surface area contributed by atoms with Crippen LogP contribution in [0.25, 0.3) is 10.9 Å². The second-order valence-corrected chi connectivity index (χ2v) is 5.77. The van der Waals surface area contributed by atoms with Crippen LogP contribution >= 0.6 is 0 Å². The van der Waals surface area contributed by atoms with Gasteiger partial charge in [0, 0.05) is 42.9 Å². The van der Waals surface area contributed by atoms with Gasteiger partial charge in [-0.15, -0.1) is 0 Å². The molecule has 1 aromatic carbocycles. The number of nitrogens with zero attached hydrogens (tertiary/aromatic N) is 3. The van der Waals surface area contributed by atoms with Crippen molar-refractivity contribution < 1.29 is 0 Å². The van der Waals surface area contributed by atoms with Gasteiger partial charge in [-0.25, -0.2) is 0 Å². The number of fused-ring (bicyclic) bond motifs is 1. The zero-order valence-corrected chi connectivity index (χ0v) is 12.8. The molecule has 0 unspecified atom stereocenters. The van der Waals surface area contributed by atoms with Crippen molar-refractivity contribution in [2.24, 2.45) is 5.73 Å². The highest BCUT2D eigenvalue weighted by atomic mass is 15.3. The second kappa shape index (κ2) is 6.41. The van der Waals surface area contributed by atoms with E-state index in [9.17, 15) is 0 Å². The SMILES string of the molecule is Cc1cc(N2CCN(CCCN)CC2)c2ccccc2n1. The molecule has 112 valence electrons. The molecule has 21 heavy (non-hydrogen) atoms. The third-order valence-corrected chi connectivity index (χ3v) is 4.21. The number of rotatable bonds is 4. The van der Waals surface area contributed by atoms with E-state index in [1.807, 2.05) is 0 Å². The molecule has 1 aliphatic heterocycles. The standard InChI is InChI=1S/C17H24N4/c1-14-13-17(15-5-2-3-6-16(15)19-14)21-11-9-20(10-12-21)8-4-7-18/h2-3,5-6,13H,4,7-12,18H2,1H3. The number of pyridine rings is 1. The molecule has 1 fully saturated rings. The van der Waals surface area contributed by atoms with Crippen LogP contribution in [0.5, 0.6) is 0 Å². The van der Waals surface area contributed by atoms with Crippen LogP contribution < -0.4 is 10.6 Å². The van der Waals surface area contributed by atoms with Gasteiger partial charge in [0.05, 0.1) is 5.52 Å². The predicted octanol–water partition coefficient (Wildman–Crippen LogP) is 2.01. The van der Waals surface area contributed by atoms with E-state index < -0.39 is 0 Å². The van der Waals surface area contributed by atoms with E-state index in [0.717, 1.165) is 56.9 Å². The van der Waals surface area contributed by atoms with E-state index in [-0.39, 0.29) is 0 Å². The smallest absolute Gasteiger partial charge is 0.0726 e. The fraction of sp³-hybridized carbons (Fsp3) is 0.471. The normalized spacial score (nSPS) is 16.6. The molecule has 1 saturated heterocycles. The Morgan fingerprint density at radius 1 is 1.14 bits per heavy atom. The van der Waals surface area contributed by atoms with E-state index in [1.54, 1.807) is 0 Å². The maximum absolute atomic E-state index is 5.60. The molecule has 0 atom stereocenters. The summed E-state index contributed by atoms with van der Waals surface area (Å²) in [6, 6.07) is 10.7. The van der Waals surface area contributed by atoms with E-state index >= 15 is 0 Å². The summed E-state index contributed by atoms with van der Waals surface area (Å²) in [5.41, 5.74) is 9.12. The predicted molar refractivity (Wildman–Crippen MR) is 88.8 cm³/mol. The minimum Gasteiger partial charge on any atom is -0.368 e. The lowest BCUT2D eigenvalue weighted by Crippen LogP contribution is -2.47. The molecule has 4 heteroatoms. The Hall–Kier alpha value is -1.65. The van der Waals surface area contributed by atoms with Crippen LogP contribution in [-0.2, 0) is 0 Å².